The minimum Gasteiger partial charge on any atom is -0.245 e. The Morgan fingerprint density at radius 1 is 0.196 bits per heavy atom. The van der Waals surface area contributed by atoms with Crippen molar-refractivity contribution in [3.8, 4) is 78.1 Å². The maximum absolute atomic E-state index is 5.17. The van der Waals surface area contributed by atoms with Crippen molar-refractivity contribution in [2.45, 2.75) is 0 Å². The van der Waals surface area contributed by atoms with Crippen LogP contribution in [0.2, 0.25) is 0 Å². The first-order valence-electron chi connectivity index (χ1n) is 19.1. The maximum atomic E-state index is 5.17. The molecular formula is C54H36N2. The first-order valence-corrected chi connectivity index (χ1v) is 19.1. The summed E-state index contributed by atoms with van der Waals surface area (Å²) in [5, 5.41) is 2.17. The topological polar surface area (TPSA) is 25.8 Å². The molecule has 0 amide bonds. The van der Waals surface area contributed by atoms with E-state index in [2.05, 4.69) is 200 Å². The number of pyridine rings is 2. The third-order valence-corrected chi connectivity index (χ3v) is 10.7. The molecule has 0 saturated heterocycles. The lowest BCUT2D eigenvalue weighted by Crippen LogP contribution is -1.91. The van der Waals surface area contributed by atoms with E-state index in [9.17, 15) is 0 Å². The normalized spacial score (nSPS) is 11.2. The van der Waals surface area contributed by atoms with E-state index >= 15 is 0 Å². The van der Waals surface area contributed by atoms with Crippen LogP contribution in [0.4, 0.5) is 0 Å². The Morgan fingerprint density at radius 2 is 0.446 bits per heavy atom. The average Bonchev–Trinajstić information content (AvgIpc) is 3.29. The SMILES string of the molecule is c1ccc(-c2ccc(-c3cc(-c4ccccc4)cc(-c4ccc(-c5ccc(-c6ccc7ccc8ccc(-c9ccccc9)nc8c7n6)cc5)cc4)c3)cc2)cc1. The molecule has 0 bridgehead atoms. The van der Waals surface area contributed by atoms with E-state index in [0.717, 1.165) is 49.9 Å². The van der Waals surface area contributed by atoms with Gasteiger partial charge in [0.15, 0.2) is 0 Å². The van der Waals surface area contributed by atoms with Crippen molar-refractivity contribution in [3.63, 3.8) is 0 Å². The molecule has 8 aromatic carbocycles. The summed E-state index contributed by atoms with van der Waals surface area (Å²) in [7, 11) is 0. The Hall–Kier alpha value is -7.42. The second-order valence-corrected chi connectivity index (χ2v) is 14.2. The molecule has 0 radical (unpaired) electrons. The molecule has 262 valence electrons. The largest absolute Gasteiger partial charge is 0.245 e. The third-order valence-electron chi connectivity index (χ3n) is 10.7. The zero-order valence-corrected chi connectivity index (χ0v) is 30.7. The van der Waals surface area contributed by atoms with E-state index in [1.807, 2.05) is 18.2 Å². The van der Waals surface area contributed by atoms with E-state index < -0.39 is 0 Å². The molecular weight excluding hydrogens is 677 g/mol. The summed E-state index contributed by atoms with van der Waals surface area (Å²) in [6.07, 6.45) is 0. The van der Waals surface area contributed by atoms with E-state index in [1.165, 1.54) is 50.1 Å². The highest BCUT2D eigenvalue weighted by molar-refractivity contribution is 6.04. The number of benzene rings is 8. The van der Waals surface area contributed by atoms with E-state index in [-0.39, 0.29) is 0 Å². The smallest absolute Gasteiger partial charge is 0.0972 e. The van der Waals surface area contributed by atoms with Crippen molar-refractivity contribution in [1.29, 1.82) is 0 Å². The van der Waals surface area contributed by atoms with Crippen LogP contribution in [0.3, 0.4) is 0 Å². The summed E-state index contributed by atoms with van der Waals surface area (Å²) >= 11 is 0. The van der Waals surface area contributed by atoms with Crippen LogP contribution in [0.5, 0.6) is 0 Å². The summed E-state index contributed by atoms with van der Waals surface area (Å²) in [4.78, 5) is 10.3. The van der Waals surface area contributed by atoms with Crippen LogP contribution in [-0.2, 0) is 0 Å². The molecule has 0 atom stereocenters. The summed E-state index contributed by atoms with van der Waals surface area (Å²) in [5.74, 6) is 0. The van der Waals surface area contributed by atoms with Gasteiger partial charge < -0.3 is 0 Å². The molecule has 0 aliphatic heterocycles. The predicted octanol–water partition coefficient (Wildman–Crippen LogP) is 14.5. The van der Waals surface area contributed by atoms with Gasteiger partial charge in [-0.15, -0.1) is 0 Å². The van der Waals surface area contributed by atoms with Crippen LogP contribution in [0.1, 0.15) is 0 Å². The molecule has 0 fully saturated rings. The van der Waals surface area contributed by atoms with Gasteiger partial charge in [-0.1, -0.05) is 188 Å². The van der Waals surface area contributed by atoms with Crippen molar-refractivity contribution in [2.75, 3.05) is 0 Å². The molecule has 2 heteroatoms. The zero-order valence-electron chi connectivity index (χ0n) is 30.7. The standard InChI is InChI=1S/C54H36N2/c1-4-10-37(11-5-1)39-16-20-42(21-17-39)49-34-48(38-12-6-2-7-13-38)35-50(36-49)43-22-18-40(19-23-43)41-24-26-45(27-25-41)52-33-31-47-29-28-46-30-32-51(44-14-8-3-9-15-44)55-53(46)54(47)56-52/h1-36H. The van der Waals surface area contributed by atoms with E-state index in [1.54, 1.807) is 0 Å². The van der Waals surface area contributed by atoms with Gasteiger partial charge in [-0.05, 0) is 86.0 Å². The highest BCUT2D eigenvalue weighted by Crippen LogP contribution is 2.35. The van der Waals surface area contributed by atoms with Gasteiger partial charge >= 0.3 is 0 Å². The molecule has 2 nitrogen and oxygen atoms in total. The highest BCUT2D eigenvalue weighted by atomic mass is 14.8. The van der Waals surface area contributed by atoms with Crippen molar-refractivity contribution in [1.82, 2.24) is 9.97 Å². The van der Waals surface area contributed by atoms with Gasteiger partial charge in [0.05, 0.1) is 22.4 Å². The molecule has 56 heavy (non-hydrogen) atoms. The lowest BCUT2D eigenvalue weighted by Gasteiger charge is -2.13. The number of nitrogens with zero attached hydrogens (tertiary/aromatic N) is 2. The quantitative estimate of drug-likeness (QED) is 0.154. The van der Waals surface area contributed by atoms with Crippen molar-refractivity contribution in [2.24, 2.45) is 0 Å². The van der Waals surface area contributed by atoms with Crippen LogP contribution < -0.4 is 0 Å². The molecule has 0 aliphatic rings. The van der Waals surface area contributed by atoms with Crippen molar-refractivity contribution in [3.05, 3.63) is 218 Å². The number of hydrogen-bond donors (Lipinski definition) is 0. The highest BCUT2D eigenvalue weighted by Gasteiger charge is 2.11. The molecule has 10 aromatic rings. The second-order valence-electron chi connectivity index (χ2n) is 14.2. The van der Waals surface area contributed by atoms with Gasteiger partial charge in [0.2, 0.25) is 0 Å². The van der Waals surface area contributed by atoms with Crippen LogP contribution in [-0.4, -0.2) is 9.97 Å². The third kappa shape index (κ3) is 6.55. The first-order chi connectivity index (χ1) is 27.7. The molecule has 0 unspecified atom stereocenters. The number of hydrogen-bond acceptors (Lipinski definition) is 2. The Labute approximate surface area is 327 Å². The first kappa shape index (κ1) is 33.2. The maximum Gasteiger partial charge on any atom is 0.0972 e. The summed E-state index contributed by atoms with van der Waals surface area (Å²) < 4.78 is 0. The molecule has 0 aliphatic carbocycles. The Balaban J connectivity index is 0.946. The van der Waals surface area contributed by atoms with E-state index in [0.29, 0.717) is 0 Å². The van der Waals surface area contributed by atoms with Crippen molar-refractivity contribution < 1.29 is 0 Å². The summed E-state index contributed by atoms with van der Waals surface area (Å²) in [6.45, 7) is 0. The average molecular weight is 713 g/mol. The second kappa shape index (κ2) is 14.4. The van der Waals surface area contributed by atoms with Crippen LogP contribution in [0, 0.1) is 0 Å². The minimum absolute atomic E-state index is 0.918. The lowest BCUT2D eigenvalue weighted by molar-refractivity contribution is 1.36. The summed E-state index contributed by atoms with van der Waals surface area (Å²) in [5.41, 5.74) is 17.8. The van der Waals surface area contributed by atoms with Gasteiger partial charge in [-0.25, -0.2) is 9.97 Å². The summed E-state index contributed by atoms with van der Waals surface area (Å²) in [6, 6.07) is 77.7. The number of rotatable bonds is 7. The van der Waals surface area contributed by atoms with Crippen LogP contribution >= 0.6 is 0 Å². The van der Waals surface area contributed by atoms with Crippen LogP contribution in [0.25, 0.3) is 100.0 Å². The zero-order chi connectivity index (χ0) is 37.3. The number of aromatic nitrogens is 2. The molecule has 2 aromatic heterocycles. The van der Waals surface area contributed by atoms with Gasteiger partial charge in [-0.2, -0.15) is 0 Å². The minimum atomic E-state index is 0.918. The Bertz CT molecular complexity index is 2950. The Morgan fingerprint density at radius 3 is 0.821 bits per heavy atom. The predicted molar refractivity (Wildman–Crippen MR) is 235 cm³/mol. The molecule has 10 rings (SSSR count). The van der Waals surface area contributed by atoms with Crippen LogP contribution in [0.15, 0.2) is 218 Å². The monoisotopic (exact) mass is 712 g/mol. The van der Waals surface area contributed by atoms with Gasteiger partial charge in [0.1, 0.15) is 0 Å². The molecule has 0 spiro atoms. The fourth-order valence-electron chi connectivity index (χ4n) is 7.63. The van der Waals surface area contributed by atoms with Gasteiger partial charge in [0, 0.05) is 21.9 Å². The fraction of sp³-hybridized carbons (Fsp3) is 0. The molecule has 2 heterocycles. The molecule has 0 saturated carbocycles. The number of fused-ring (bicyclic) bond motifs is 3. The Kier molecular flexibility index (Phi) is 8.55. The lowest BCUT2D eigenvalue weighted by atomic mass is 9.92. The van der Waals surface area contributed by atoms with Gasteiger partial charge in [-0.3, -0.25) is 0 Å². The fourth-order valence-corrected chi connectivity index (χ4v) is 7.63. The molecule has 0 N–H and O–H groups in total. The van der Waals surface area contributed by atoms with Gasteiger partial charge in [0.25, 0.3) is 0 Å². The van der Waals surface area contributed by atoms with E-state index in [4.69, 9.17) is 9.97 Å². The van der Waals surface area contributed by atoms with Crippen molar-refractivity contribution >= 4 is 21.8 Å².